The number of hydrogen-bond donors (Lipinski definition) is 0. The molecule has 2 fully saturated rings. The van der Waals surface area contributed by atoms with Crippen molar-refractivity contribution in [3.05, 3.63) is 36.5 Å². The molecular weight excluding hydrogens is 324 g/mol. The number of benzene rings is 1. The third-order valence-corrected chi connectivity index (χ3v) is 5.68. The minimum Gasteiger partial charge on any atom is -0.465 e. The number of imidazole rings is 1. The fraction of sp³-hybridized carbons (Fsp3) is 0.444. The van der Waals surface area contributed by atoms with E-state index in [-0.39, 0.29) is 17.3 Å². The van der Waals surface area contributed by atoms with Gasteiger partial charge in [0.25, 0.3) is 0 Å². The number of hydrogen-bond acceptors (Lipinski definition) is 5. The van der Waals surface area contributed by atoms with E-state index in [1.54, 1.807) is 0 Å². The van der Waals surface area contributed by atoms with Crippen molar-refractivity contribution in [2.24, 2.45) is 0 Å². The maximum Gasteiger partial charge on any atom is 0.319 e. The molecule has 2 aromatic rings. The average Bonchev–Trinajstić information content (AvgIpc) is 3.33. The highest BCUT2D eigenvalue weighted by atomic mass is 32.2. The van der Waals surface area contributed by atoms with Crippen LogP contribution in [0, 0.1) is 0 Å². The molecule has 2 atom stereocenters. The van der Waals surface area contributed by atoms with Gasteiger partial charge in [-0.2, -0.15) is 0 Å². The number of ether oxygens (including phenoxy) is 2. The molecule has 0 radical (unpaired) electrons. The van der Waals surface area contributed by atoms with E-state index in [1.165, 1.54) is 11.8 Å². The van der Waals surface area contributed by atoms with Gasteiger partial charge >= 0.3 is 5.97 Å². The average molecular weight is 344 g/mol. The Hall–Kier alpha value is -1.79. The summed E-state index contributed by atoms with van der Waals surface area (Å²) in [6, 6.07) is 10.2. The molecule has 24 heavy (non-hydrogen) atoms. The SMILES string of the molecule is O=C1OCC[C@H]1Sc1ncc(-c2ccccc2)n1C[C@@H]1CCCO1. The smallest absolute Gasteiger partial charge is 0.319 e. The van der Waals surface area contributed by atoms with E-state index in [9.17, 15) is 4.79 Å². The number of carbonyl (C=O) groups excluding carboxylic acids is 1. The van der Waals surface area contributed by atoms with Crippen LogP contribution in [0.3, 0.4) is 0 Å². The summed E-state index contributed by atoms with van der Waals surface area (Å²) in [5.74, 6) is -0.132. The van der Waals surface area contributed by atoms with Gasteiger partial charge in [-0.3, -0.25) is 4.79 Å². The molecule has 2 aliphatic heterocycles. The van der Waals surface area contributed by atoms with E-state index >= 15 is 0 Å². The highest BCUT2D eigenvalue weighted by Gasteiger charge is 2.30. The first-order valence-electron chi connectivity index (χ1n) is 8.37. The van der Waals surface area contributed by atoms with E-state index in [2.05, 4.69) is 21.7 Å². The number of thioether (sulfide) groups is 1. The number of esters is 1. The van der Waals surface area contributed by atoms with Crippen molar-refractivity contribution in [2.75, 3.05) is 13.2 Å². The molecule has 126 valence electrons. The van der Waals surface area contributed by atoms with Gasteiger partial charge in [0.1, 0.15) is 5.25 Å². The quantitative estimate of drug-likeness (QED) is 0.780. The van der Waals surface area contributed by atoms with Gasteiger partial charge in [-0.1, -0.05) is 42.1 Å². The lowest BCUT2D eigenvalue weighted by molar-refractivity contribution is -0.137. The molecule has 0 unspecified atom stereocenters. The Labute approximate surface area is 145 Å². The van der Waals surface area contributed by atoms with Gasteiger partial charge in [-0.05, 0) is 18.4 Å². The Bertz CT molecular complexity index is 710. The van der Waals surface area contributed by atoms with Crippen molar-refractivity contribution in [3.8, 4) is 11.3 Å². The molecule has 5 nitrogen and oxygen atoms in total. The van der Waals surface area contributed by atoms with Crippen molar-refractivity contribution in [2.45, 2.75) is 42.3 Å². The number of rotatable bonds is 5. The van der Waals surface area contributed by atoms with Gasteiger partial charge in [-0.25, -0.2) is 4.98 Å². The summed E-state index contributed by atoms with van der Waals surface area (Å²) >= 11 is 1.51. The van der Waals surface area contributed by atoms with Gasteiger partial charge in [0.15, 0.2) is 5.16 Å². The molecule has 0 aliphatic carbocycles. The topological polar surface area (TPSA) is 53.3 Å². The van der Waals surface area contributed by atoms with E-state index in [0.717, 1.165) is 48.8 Å². The second kappa shape index (κ2) is 6.99. The van der Waals surface area contributed by atoms with Crippen LogP contribution in [-0.4, -0.2) is 40.1 Å². The Morgan fingerprint density at radius 1 is 1.21 bits per heavy atom. The maximum absolute atomic E-state index is 11.8. The van der Waals surface area contributed by atoms with Crippen molar-refractivity contribution in [3.63, 3.8) is 0 Å². The summed E-state index contributed by atoms with van der Waals surface area (Å²) in [7, 11) is 0. The number of carbonyl (C=O) groups is 1. The highest BCUT2D eigenvalue weighted by Crippen LogP contribution is 2.33. The standard InChI is InChI=1S/C18H20N2O3S/c21-17-16(8-10-23-17)24-18-19-11-15(13-5-2-1-3-6-13)20(18)12-14-7-4-9-22-14/h1-3,5-6,11,14,16H,4,7-10,12H2/t14-,16+/m0/s1. The second-order valence-corrected chi connectivity index (χ2v) is 7.27. The first-order chi connectivity index (χ1) is 11.8. The summed E-state index contributed by atoms with van der Waals surface area (Å²) in [5.41, 5.74) is 2.20. The lowest BCUT2D eigenvalue weighted by Gasteiger charge is -2.16. The zero-order chi connectivity index (χ0) is 16.4. The molecule has 2 saturated heterocycles. The molecule has 0 spiro atoms. The minimum atomic E-state index is -0.153. The Morgan fingerprint density at radius 2 is 2.08 bits per heavy atom. The Kier molecular flexibility index (Phi) is 4.58. The largest absolute Gasteiger partial charge is 0.465 e. The molecule has 4 rings (SSSR count). The number of aromatic nitrogens is 2. The highest BCUT2D eigenvalue weighted by molar-refractivity contribution is 8.00. The predicted octanol–water partition coefficient (Wildman–Crippen LogP) is 3.14. The van der Waals surface area contributed by atoms with Crippen molar-refractivity contribution in [1.82, 2.24) is 9.55 Å². The molecule has 0 saturated carbocycles. The van der Waals surface area contributed by atoms with Gasteiger partial charge in [-0.15, -0.1) is 0 Å². The van der Waals surface area contributed by atoms with Gasteiger partial charge < -0.3 is 14.0 Å². The molecular formula is C18H20N2O3S. The summed E-state index contributed by atoms with van der Waals surface area (Å²) in [6.07, 6.45) is 5.04. The number of nitrogens with zero attached hydrogens (tertiary/aromatic N) is 2. The van der Waals surface area contributed by atoms with Crippen LogP contribution in [0.15, 0.2) is 41.7 Å². The maximum atomic E-state index is 11.8. The first kappa shape index (κ1) is 15.7. The van der Waals surface area contributed by atoms with Crippen molar-refractivity contribution >= 4 is 17.7 Å². The second-order valence-electron chi connectivity index (χ2n) is 6.10. The molecule has 0 amide bonds. The Balaban J connectivity index is 1.64. The van der Waals surface area contributed by atoms with Gasteiger partial charge in [0.2, 0.25) is 0 Å². The molecule has 2 aliphatic rings. The normalized spacial score (nSPS) is 23.6. The zero-order valence-electron chi connectivity index (χ0n) is 13.4. The van der Waals surface area contributed by atoms with Crippen LogP contribution in [0.1, 0.15) is 19.3 Å². The third-order valence-electron chi connectivity index (χ3n) is 4.43. The predicted molar refractivity (Wildman–Crippen MR) is 91.9 cm³/mol. The van der Waals surface area contributed by atoms with E-state index in [0.29, 0.717) is 6.61 Å². The molecule has 0 N–H and O–H groups in total. The molecule has 1 aromatic carbocycles. The summed E-state index contributed by atoms with van der Waals surface area (Å²) in [4.78, 5) is 16.4. The summed E-state index contributed by atoms with van der Waals surface area (Å²) < 4.78 is 13.1. The molecule has 3 heterocycles. The summed E-state index contributed by atoms with van der Waals surface area (Å²) in [6.45, 7) is 2.11. The van der Waals surface area contributed by atoms with Crippen LogP contribution in [0.2, 0.25) is 0 Å². The van der Waals surface area contributed by atoms with E-state index in [4.69, 9.17) is 9.47 Å². The van der Waals surface area contributed by atoms with Gasteiger partial charge in [0, 0.05) is 13.0 Å². The third kappa shape index (κ3) is 3.21. The summed E-state index contributed by atoms with van der Waals surface area (Å²) in [5, 5.41) is 0.715. The van der Waals surface area contributed by atoms with Crippen LogP contribution in [0.4, 0.5) is 0 Å². The molecule has 6 heteroatoms. The van der Waals surface area contributed by atoms with Gasteiger partial charge in [0.05, 0.1) is 31.1 Å². The van der Waals surface area contributed by atoms with E-state index < -0.39 is 0 Å². The lowest BCUT2D eigenvalue weighted by atomic mass is 10.1. The zero-order valence-corrected chi connectivity index (χ0v) is 14.2. The molecule has 1 aromatic heterocycles. The van der Waals surface area contributed by atoms with E-state index in [1.807, 2.05) is 24.4 Å². The fourth-order valence-electron chi connectivity index (χ4n) is 3.17. The fourth-order valence-corrected chi connectivity index (χ4v) is 4.22. The van der Waals surface area contributed by atoms with Crippen molar-refractivity contribution in [1.29, 1.82) is 0 Å². The monoisotopic (exact) mass is 344 g/mol. The minimum absolute atomic E-state index is 0.132. The number of cyclic esters (lactones) is 1. The van der Waals surface area contributed by atoms with Crippen molar-refractivity contribution < 1.29 is 14.3 Å². The first-order valence-corrected chi connectivity index (χ1v) is 9.25. The van der Waals surface area contributed by atoms with Crippen LogP contribution in [0.25, 0.3) is 11.3 Å². The van der Waals surface area contributed by atoms with Crippen LogP contribution >= 0.6 is 11.8 Å². The Morgan fingerprint density at radius 3 is 2.79 bits per heavy atom. The van der Waals surface area contributed by atoms with Crippen LogP contribution < -0.4 is 0 Å². The lowest BCUT2D eigenvalue weighted by Crippen LogP contribution is -2.18. The van der Waals surface area contributed by atoms with Crippen LogP contribution in [-0.2, 0) is 20.8 Å². The molecule has 0 bridgehead atoms. The van der Waals surface area contributed by atoms with Crippen LogP contribution in [0.5, 0.6) is 0 Å².